The van der Waals surface area contributed by atoms with Crippen molar-refractivity contribution >= 4 is 33.0 Å². The van der Waals surface area contributed by atoms with Gasteiger partial charge in [0.25, 0.3) is 10.0 Å². The van der Waals surface area contributed by atoms with Crippen molar-refractivity contribution in [2.45, 2.75) is 38.0 Å². The second-order valence-electron chi connectivity index (χ2n) is 6.61. The smallest absolute Gasteiger partial charge is 0.350 e. The summed E-state index contributed by atoms with van der Waals surface area (Å²) in [6, 6.07) is 5.14. The van der Waals surface area contributed by atoms with Crippen LogP contribution in [0.3, 0.4) is 0 Å². The minimum absolute atomic E-state index is 0.130. The van der Waals surface area contributed by atoms with Gasteiger partial charge in [-0.25, -0.2) is 17.6 Å². The van der Waals surface area contributed by atoms with Crippen LogP contribution < -0.4 is 4.72 Å². The largest absolute Gasteiger partial charge is 0.465 e. The highest BCUT2D eigenvalue weighted by Gasteiger charge is 2.27. The van der Waals surface area contributed by atoms with E-state index in [0.717, 1.165) is 10.9 Å². The number of methoxy groups -OCH3 is 1. The Hall–Kier alpha value is -1.93. The molecule has 1 aromatic heterocycles. The zero-order chi connectivity index (χ0) is 19.0. The zero-order valence-corrected chi connectivity index (χ0v) is 16.3. The van der Waals surface area contributed by atoms with Gasteiger partial charge in [0, 0.05) is 4.88 Å². The lowest BCUT2D eigenvalue weighted by Gasteiger charge is -2.15. The predicted molar refractivity (Wildman–Crippen MR) is 96.3 cm³/mol. The first kappa shape index (κ1) is 19.4. The summed E-state index contributed by atoms with van der Waals surface area (Å²) in [5.74, 6) is -1.28. The van der Waals surface area contributed by atoms with E-state index in [4.69, 9.17) is 4.74 Å². The van der Waals surface area contributed by atoms with Gasteiger partial charge in [-0.1, -0.05) is 26.8 Å². The molecule has 1 N–H and O–H groups in total. The molecule has 136 valence electrons. The van der Waals surface area contributed by atoms with Gasteiger partial charge in [-0.3, -0.25) is 4.72 Å². The van der Waals surface area contributed by atoms with Crippen LogP contribution in [0, 0.1) is 12.7 Å². The summed E-state index contributed by atoms with van der Waals surface area (Å²) < 4.78 is 46.0. The van der Waals surface area contributed by atoms with Gasteiger partial charge in [-0.15, -0.1) is 11.3 Å². The molecule has 5 nitrogen and oxygen atoms in total. The number of anilines is 1. The second-order valence-corrected chi connectivity index (χ2v) is 9.31. The Bertz CT molecular complexity index is 911. The number of aryl methyl sites for hydroxylation is 1. The lowest BCUT2D eigenvalue weighted by atomic mass is 9.95. The van der Waals surface area contributed by atoms with Gasteiger partial charge < -0.3 is 4.74 Å². The molecular formula is C17H20FNO4S2. The predicted octanol–water partition coefficient (Wildman–Crippen LogP) is 4.08. The number of hydrogen-bond donors (Lipinski definition) is 1. The molecule has 0 unspecified atom stereocenters. The maximum Gasteiger partial charge on any atom is 0.350 e. The normalized spacial score (nSPS) is 12.1. The molecule has 0 bridgehead atoms. The molecule has 2 rings (SSSR count). The van der Waals surface area contributed by atoms with Gasteiger partial charge in [0.2, 0.25) is 0 Å². The van der Waals surface area contributed by atoms with Crippen LogP contribution in [-0.4, -0.2) is 21.5 Å². The van der Waals surface area contributed by atoms with Crippen LogP contribution in [0.5, 0.6) is 0 Å². The van der Waals surface area contributed by atoms with Crippen molar-refractivity contribution < 1.29 is 22.3 Å². The van der Waals surface area contributed by atoms with Crippen molar-refractivity contribution in [3.8, 4) is 0 Å². The van der Waals surface area contributed by atoms with Crippen LogP contribution in [-0.2, 0) is 20.2 Å². The Morgan fingerprint density at radius 2 is 1.88 bits per heavy atom. The molecule has 0 atom stereocenters. The minimum Gasteiger partial charge on any atom is -0.465 e. The van der Waals surface area contributed by atoms with Crippen LogP contribution in [0.4, 0.5) is 10.1 Å². The third-order valence-corrected chi connectivity index (χ3v) is 6.57. The lowest BCUT2D eigenvalue weighted by molar-refractivity contribution is 0.0607. The molecule has 0 aliphatic rings. The summed E-state index contributed by atoms with van der Waals surface area (Å²) in [5.41, 5.74) is 0.261. The Morgan fingerprint density at radius 3 is 2.44 bits per heavy atom. The average Bonchev–Trinajstić information content (AvgIpc) is 2.92. The molecule has 0 fully saturated rings. The molecule has 0 saturated heterocycles. The van der Waals surface area contributed by atoms with Crippen LogP contribution in [0.15, 0.2) is 29.2 Å². The van der Waals surface area contributed by atoms with Gasteiger partial charge in [0.05, 0.1) is 17.7 Å². The summed E-state index contributed by atoms with van der Waals surface area (Å²) in [4.78, 5) is 12.8. The monoisotopic (exact) mass is 385 g/mol. The second kappa shape index (κ2) is 6.76. The van der Waals surface area contributed by atoms with Gasteiger partial charge in [0.15, 0.2) is 0 Å². The molecule has 0 aliphatic carbocycles. The Morgan fingerprint density at radius 1 is 1.24 bits per heavy atom. The first-order valence-corrected chi connectivity index (χ1v) is 9.77. The summed E-state index contributed by atoms with van der Waals surface area (Å²) in [7, 11) is -2.82. The number of ether oxygens (including phenoxy) is 1. The van der Waals surface area contributed by atoms with E-state index in [2.05, 4.69) is 4.72 Å². The molecule has 2 aromatic rings. The van der Waals surface area contributed by atoms with Crippen molar-refractivity contribution in [1.82, 2.24) is 0 Å². The van der Waals surface area contributed by atoms with Crippen LogP contribution in [0.1, 0.15) is 40.9 Å². The lowest BCUT2D eigenvalue weighted by Crippen LogP contribution is -2.16. The van der Waals surface area contributed by atoms with E-state index < -0.39 is 21.8 Å². The van der Waals surface area contributed by atoms with Crippen molar-refractivity contribution in [3.05, 3.63) is 45.4 Å². The number of carbonyl (C=O) groups excluding carboxylic acids is 1. The van der Waals surface area contributed by atoms with E-state index in [9.17, 15) is 17.6 Å². The Kier molecular flexibility index (Phi) is 5.24. The van der Waals surface area contributed by atoms with Crippen LogP contribution in [0.25, 0.3) is 0 Å². The highest BCUT2D eigenvalue weighted by Crippen LogP contribution is 2.37. The molecule has 1 aromatic carbocycles. The summed E-state index contributed by atoms with van der Waals surface area (Å²) in [5, 5.41) is 0. The fourth-order valence-electron chi connectivity index (χ4n) is 2.14. The molecule has 1 heterocycles. The van der Waals surface area contributed by atoms with Crippen molar-refractivity contribution in [2.24, 2.45) is 0 Å². The average molecular weight is 385 g/mol. The first-order valence-electron chi connectivity index (χ1n) is 7.47. The van der Waals surface area contributed by atoms with Crippen LogP contribution >= 0.6 is 11.3 Å². The molecule has 8 heteroatoms. The molecule has 0 saturated carbocycles. The fraction of sp³-hybridized carbons (Fsp3) is 0.353. The zero-order valence-electron chi connectivity index (χ0n) is 14.6. The number of sulfonamides is 1. The molecular weight excluding hydrogens is 365 g/mol. The quantitative estimate of drug-likeness (QED) is 0.805. The number of nitrogens with one attached hydrogen (secondary N) is 1. The number of hydrogen-bond acceptors (Lipinski definition) is 5. The van der Waals surface area contributed by atoms with Gasteiger partial charge in [-0.2, -0.15) is 0 Å². The number of benzene rings is 1. The first-order chi connectivity index (χ1) is 11.5. The van der Waals surface area contributed by atoms with Crippen molar-refractivity contribution in [1.29, 1.82) is 0 Å². The SMILES string of the molecule is COC(=O)c1sc(C(C)(C)C)cc1NS(=O)(=O)c1cc(F)ccc1C. The van der Waals surface area contributed by atoms with Crippen molar-refractivity contribution in [2.75, 3.05) is 11.8 Å². The topological polar surface area (TPSA) is 72.5 Å². The molecule has 0 aliphatic heterocycles. The van der Waals surface area contributed by atoms with Crippen molar-refractivity contribution in [3.63, 3.8) is 0 Å². The molecule has 0 amide bonds. The van der Waals surface area contributed by atoms with E-state index in [-0.39, 0.29) is 20.9 Å². The summed E-state index contributed by atoms with van der Waals surface area (Å²) in [6.07, 6.45) is 0. The highest BCUT2D eigenvalue weighted by molar-refractivity contribution is 7.92. The standard InChI is InChI=1S/C17H20FNO4S2/c1-10-6-7-11(18)8-13(10)25(21,22)19-12-9-14(17(2,3)4)24-15(12)16(20)23-5/h6-9,19H,1-5H3. The van der Waals surface area contributed by atoms with Gasteiger partial charge >= 0.3 is 5.97 Å². The molecule has 0 radical (unpaired) electrons. The summed E-state index contributed by atoms with van der Waals surface area (Å²) >= 11 is 1.17. The Labute approximate surface area is 150 Å². The third kappa shape index (κ3) is 4.19. The number of carbonyl (C=O) groups is 1. The fourth-order valence-corrected chi connectivity index (χ4v) is 4.62. The molecule has 0 spiro atoms. The minimum atomic E-state index is -4.05. The highest BCUT2D eigenvalue weighted by atomic mass is 32.2. The van der Waals surface area contributed by atoms with Gasteiger partial charge in [-0.05, 0) is 36.1 Å². The maximum absolute atomic E-state index is 13.5. The van der Waals surface area contributed by atoms with Gasteiger partial charge in [0.1, 0.15) is 10.7 Å². The van der Waals surface area contributed by atoms with E-state index in [1.54, 1.807) is 13.0 Å². The Balaban J connectivity index is 2.53. The van der Waals surface area contributed by atoms with Crippen LogP contribution in [0.2, 0.25) is 0 Å². The van der Waals surface area contributed by atoms with E-state index in [1.807, 2.05) is 20.8 Å². The number of halogens is 1. The van der Waals surface area contributed by atoms with E-state index in [0.29, 0.717) is 5.56 Å². The molecule has 25 heavy (non-hydrogen) atoms. The number of rotatable bonds is 4. The number of thiophene rings is 1. The number of esters is 1. The third-order valence-electron chi connectivity index (χ3n) is 3.53. The van der Waals surface area contributed by atoms with E-state index in [1.165, 1.54) is 30.6 Å². The maximum atomic E-state index is 13.5. The summed E-state index contributed by atoms with van der Waals surface area (Å²) in [6.45, 7) is 7.43. The van der Waals surface area contributed by atoms with E-state index >= 15 is 0 Å².